The number of hydrogen-bond acceptors (Lipinski definition) is 4. The van der Waals surface area contributed by atoms with Gasteiger partial charge in [-0.05, 0) is 25.3 Å². The minimum Gasteiger partial charge on any atom is -0.389 e. The first-order valence-electron chi connectivity index (χ1n) is 6.09. The predicted octanol–water partition coefficient (Wildman–Crippen LogP) is 2.88. The van der Waals surface area contributed by atoms with Crippen molar-refractivity contribution >= 4 is 0 Å². The summed E-state index contributed by atoms with van der Waals surface area (Å²) in [4.78, 5) is 0. The number of allylic oxidation sites excluding steroid dienone is 1. The maximum atomic E-state index is 7.03. The van der Waals surface area contributed by atoms with Gasteiger partial charge in [-0.3, -0.25) is 0 Å². The van der Waals surface area contributed by atoms with E-state index in [9.17, 15) is 0 Å². The van der Waals surface area contributed by atoms with Gasteiger partial charge < -0.3 is 10.6 Å². The Labute approximate surface area is 99.4 Å². The minimum absolute atomic E-state index is 0.546. The van der Waals surface area contributed by atoms with Crippen molar-refractivity contribution < 1.29 is 0 Å². The molecule has 0 aliphatic rings. The van der Waals surface area contributed by atoms with Crippen molar-refractivity contribution in [1.82, 2.24) is 10.6 Å². The van der Waals surface area contributed by atoms with E-state index in [0.717, 1.165) is 31.6 Å². The molecule has 0 fully saturated rings. The second kappa shape index (κ2) is 9.33. The number of nitrogens with one attached hydrogen (secondary N) is 3. The monoisotopic (exact) mass is 226 g/mol. The molecule has 0 aromatic carbocycles. The topological polar surface area (TPSA) is 60.3 Å². The summed E-state index contributed by atoms with van der Waals surface area (Å²) in [5.74, 6) is 0.546. The van der Waals surface area contributed by atoms with Crippen LogP contribution in [0, 0.1) is 11.4 Å². The quantitative estimate of drug-likeness (QED) is 0.418. The van der Waals surface area contributed by atoms with Crippen molar-refractivity contribution in [3.05, 3.63) is 11.9 Å². The fraction of sp³-hybridized carbons (Fsp3) is 0.833. The summed E-state index contributed by atoms with van der Waals surface area (Å²) in [6.45, 7) is 10.5. The molecule has 0 heterocycles. The standard InChI is InChI=1S/C12H26N4/c1-10(2)8-12(16-13)9-14-6-5-7-15-11(3)4/h9-11,13-15H,5-8H2,1-4H3/b12-9-,16-13?. The summed E-state index contributed by atoms with van der Waals surface area (Å²) in [7, 11) is 0. The Morgan fingerprint density at radius 2 is 1.94 bits per heavy atom. The highest BCUT2D eigenvalue weighted by Gasteiger charge is 1.99. The zero-order valence-electron chi connectivity index (χ0n) is 11.0. The van der Waals surface area contributed by atoms with E-state index in [4.69, 9.17) is 5.53 Å². The first-order chi connectivity index (χ1) is 7.56. The molecule has 94 valence electrons. The molecule has 4 nitrogen and oxygen atoms in total. The Kier molecular flexibility index (Phi) is 8.81. The van der Waals surface area contributed by atoms with E-state index in [1.165, 1.54) is 0 Å². The molecule has 0 bridgehead atoms. The molecule has 0 aliphatic carbocycles. The molecule has 0 amide bonds. The Morgan fingerprint density at radius 1 is 1.25 bits per heavy atom. The molecule has 16 heavy (non-hydrogen) atoms. The lowest BCUT2D eigenvalue weighted by Gasteiger charge is -2.08. The van der Waals surface area contributed by atoms with Crippen LogP contribution in [0.1, 0.15) is 40.5 Å². The van der Waals surface area contributed by atoms with Crippen molar-refractivity contribution in [2.24, 2.45) is 11.0 Å². The van der Waals surface area contributed by atoms with E-state index in [0.29, 0.717) is 12.0 Å². The van der Waals surface area contributed by atoms with Crippen LogP contribution >= 0.6 is 0 Å². The van der Waals surface area contributed by atoms with Crippen LogP contribution < -0.4 is 10.6 Å². The lowest BCUT2D eigenvalue weighted by Crippen LogP contribution is -2.25. The van der Waals surface area contributed by atoms with Crippen molar-refractivity contribution in [2.75, 3.05) is 13.1 Å². The Bertz CT molecular complexity index is 209. The third-order valence-electron chi connectivity index (χ3n) is 2.08. The highest BCUT2D eigenvalue weighted by Crippen LogP contribution is 2.10. The third-order valence-corrected chi connectivity index (χ3v) is 2.08. The highest BCUT2D eigenvalue weighted by molar-refractivity contribution is 4.97. The van der Waals surface area contributed by atoms with Gasteiger partial charge in [0.2, 0.25) is 0 Å². The van der Waals surface area contributed by atoms with Crippen LogP contribution in [0.25, 0.3) is 0 Å². The summed E-state index contributed by atoms with van der Waals surface area (Å²) < 4.78 is 0. The zero-order valence-corrected chi connectivity index (χ0v) is 11.0. The second-order valence-corrected chi connectivity index (χ2v) is 4.76. The molecule has 0 saturated carbocycles. The fourth-order valence-corrected chi connectivity index (χ4v) is 1.33. The second-order valence-electron chi connectivity index (χ2n) is 4.76. The Hall–Kier alpha value is -0.900. The van der Waals surface area contributed by atoms with E-state index in [1.54, 1.807) is 0 Å². The molecule has 0 aromatic rings. The highest BCUT2D eigenvalue weighted by atomic mass is 15.0. The molecular formula is C12H26N4. The average molecular weight is 226 g/mol. The van der Waals surface area contributed by atoms with E-state index in [-0.39, 0.29) is 0 Å². The van der Waals surface area contributed by atoms with E-state index < -0.39 is 0 Å². The van der Waals surface area contributed by atoms with Crippen LogP contribution in [0.3, 0.4) is 0 Å². The van der Waals surface area contributed by atoms with E-state index >= 15 is 0 Å². The normalized spacial score (nSPS) is 12.2. The van der Waals surface area contributed by atoms with Crippen LogP contribution in [-0.2, 0) is 0 Å². The molecule has 0 atom stereocenters. The maximum absolute atomic E-state index is 7.03. The van der Waals surface area contributed by atoms with Crippen LogP contribution in [0.15, 0.2) is 17.0 Å². The third kappa shape index (κ3) is 9.65. The van der Waals surface area contributed by atoms with Gasteiger partial charge in [-0.15, -0.1) is 0 Å². The number of nitrogens with zero attached hydrogens (tertiary/aromatic N) is 1. The summed E-state index contributed by atoms with van der Waals surface area (Å²) in [6, 6.07) is 0.551. The molecule has 4 heteroatoms. The molecule has 0 radical (unpaired) electrons. The molecule has 0 spiro atoms. The minimum atomic E-state index is 0.546. The van der Waals surface area contributed by atoms with Crippen LogP contribution in [0.4, 0.5) is 0 Å². The summed E-state index contributed by atoms with van der Waals surface area (Å²) >= 11 is 0. The van der Waals surface area contributed by atoms with Crippen molar-refractivity contribution in [3.8, 4) is 0 Å². The summed E-state index contributed by atoms with van der Waals surface area (Å²) in [5.41, 5.74) is 7.86. The Morgan fingerprint density at radius 3 is 2.44 bits per heavy atom. The van der Waals surface area contributed by atoms with E-state index in [2.05, 4.69) is 43.4 Å². The van der Waals surface area contributed by atoms with Gasteiger partial charge in [0.15, 0.2) is 0 Å². The van der Waals surface area contributed by atoms with Crippen LogP contribution in [0.5, 0.6) is 0 Å². The van der Waals surface area contributed by atoms with Crippen molar-refractivity contribution in [3.63, 3.8) is 0 Å². The molecule has 0 aromatic heterocycles. The van der Waals surface area contributed by atoms with Gasteiger partial charge >= 0.3 is 0 Å². The van der Waals surface area contributed by atoms with Crippen molar-refractivity contribution in [2.45, 2.75) is 46.6 Å². The first kappa shape index (κ1) is 15.1. The molecule has 0 rings (SSSR count). The van der Waals surface area contributed by atoms with E-state index in [1.807, 2.05) is 6.20 Å². The van der Waals surface area contributed by atoms with Gasteiger partial charge in [0.25, 0.3) is 0 Å². The lowest BCUT2D eigenvalue weighted by atomic mass is 10.1. The molecule has 3 N–H and O–H groups in total. The van der Waals surface area contributed by atoms with Gasteiger partial charge in [-0.2, -0.15) is 5.11 Å². The van der Waals surface area contributed by atoms with Gasteiger partial charge in [-0.1, -0.05) is 27.7 Å². The molecular weight excluding hydrogens is 200 g/mol. The van der Waals surface area contributed by atoms with Gasteiger partial charge in [0.1, 0.15) is 0 Å². The first-order valence-corrected chi connectivity index (χ1v) is 6.09. The molecule has 0 unspecified atom stereocenters. The van der Waals surface area contributed by atoms with Gasteiger partial charge in [-0.25, -0.2) is 5.53 Å². The SMILES string of the molecule is CC(C)C/C(=C/NCCCNC(C)C)N=N. The van der Waals surface area contributed by atoms with Crippen LogP contribution in [0.2, 0.25) is 0 Å². The van der Waals surface area contributed by atoms with Gasteiger partial charge in [0, 0.05) is 18.8 Å². The number of rotatable bonds is 9. The van der Waals surface area contributed by atoms with Crippen LogP contribution in [-0.4, -0.2) is 19.1 Å². The smallest absolute Gasteiger partial charge is 0.0782 e. The maximum Gasteiger partial charge on any atom is 0.0782 e. The summed E-state index contributed by atoms with van der Waals surface area (Å²) in [6.07, 6.45) is 3.81. The molecule has 0 saturated heterocycles. The number of hydrogen-bond donors (Lipinski definition) is 3. The fourth-order valence-electron chi connectivity index (χ4n) is 1.33. The summed E-state index contributed by atoms with van der Waals surface area (Å²) in [5, 5.41) is 10.1. The zero-order chi connectivity index (χ0) is 12.4. The van der Waals surface area contributed by atoms with Gasteiger partial charge in [0.05, 0.1) is 5.70 Å². The lowest BCUT2D eigenvalue weighted by molar-refractivity contribution is 0.562. The Balaban J connectivity index is 3.59. The largest absolute Gasteiger partial charge is 0.389 e. The average Bonchev–Trinajstić information content (AvgIpc) is 2.20. The predicted molar refractivity (Wildman–Crippen MR) is 68.4 cm³/mol. The molecule has 0 aliphatic heterocycles. The van der Waals surface area contributed by atoms with Crippen molar-refractivity contribution in [1.29, 1.82) is 5.53 Å².